The van der Waals surface area contributed by atoms with Crippen molar-refractivity contribution in [3.8, 4) is 0 Å². The topological polar surface area (TPSA) is 50.5 Å². The van der Waals surface area contributed by atoms with Crippen LogP contribution in [0.25, 0.3) is 0 Å². The number of rotatable bonds is 2. The van der Waals surface area contributed by atoms with Crippen LogP contribution in [0.15, 0.2) is 0 Å². The van der Waals surface area contributed by atoms with Gasteiger partial charge in [-0.2, -0.15) is 0 Å². The van der Waals surface area contributed by atoms with Gasteiger partial charge in [0.15, 0.2) is 0 Å². The molecule has 0 amide bonds. The number of hydrogen-bond donors (Lipinski definition) is 2. The molecule has 12 heavy (non-hydrogen) atoms. The van der Waals surface area contributed by atoms with E-state index in [1.807, 2.05) is 0 Å². The maximum absolute atomic E-state index is 5.76. The van der Waals surface area contributed by atoms with Crippen LogP contribution in [0.1, 0.15) is 0 Å². The van der Waals surface area contributed by atoms with Gasteiger partial charge < -0.3 is 15.8 Å². The molecule has 3 N–H and O–H groups in total. The molecule has 0 aromatic carbocycles. The lowest BCUT2D eigenvalue weighted by Crippen LogP contribution is -2.69. The summed E-state index contributed by atoms with van der Waals surface area (Å²) in [5.74, 6) is 0. The van der Waals surface area contributed by atoms with Crippen molar-refractivity contribution in [2.75, 3.05) is 45.9 Å². The van der Waals surface area contributed by atoms with Gasteiger partial charge in [0.1, 0.15) is 0 Å². The number of nitrogens with zero attached hydrogens (tertiary/aromatic N) is 1. The van der Waals surface area contributed by atoms with Gasteiger partial charge in [-0.05, 0) is 0 Å². The minimum atomic E-state index is 0.183. The zero-order chi connectivity index (χ0) is 8.44. The molecule has 2 saturated heterocycles. The zero-order valence-corrected chi connectivity index (χ0v) is 7.38. The van der Waals surface area contributed by atoms with Crippen molar-refractivity contribution >= 4 is 0 Å². The maximum Gasteiger partial charge on any atom is 0.0803 e. The summed E-state index contributed by atoms with van der Waals surface area (Å²) in [4.78, 5) is 2.47. The minimum absolute atomic E-state index is 0.183. The summed E-state index contributed by atoms with van der Waals surface area (Å²) in [6.45, 7) is 6.77. The maximum atomic E-state index is 5.76. The average molecular weight is 171 g/mol. The number of nitrogens with one attached hydrogen (secondary N) is 1. The second kappa shape index (κ2) is 3.30. The fourth-order valence-electron chi connectivity index (χ4n) is 1.91. The third kappa shape index (κ3) is 1.25. The van der Waals surface area contributed by atoms with Crippen molar-refractivity contribution in [2.45, 2.75) is 5.54 Å². The molecule has 2 aliphatic rings. The lowest BCUT2D eigenvalue weighted by Gasteiger charge is -2.50. The van der Waals surface area contributed by atoms with E-state index in [1.165, 1.54) is 0 Å². The molecule has 0 aromatic rings. The summed E-state index contributed by atoms with van der Waals surface area (Å²) < 4.78 is 5.24. The number of piperazine rings is 1. The molecule has 0 aromatic heterocycles. The van der Waals surface area contributed by atoms with E-state index in [-0.39, 0.29) is 5.54 Å². The largest absolute Gasteiger partial charge is 0.377 e. The Hall–Kier alpha value is -0.160. The molecular weight excluding hydrogens is 154 g/mol. The van der Waals surface area contributed by atoms with Crippen LogP contribution in [0.2, 0.25) is 0 Å². The first-order chi connectivity index (χ1) is 5.87. The predicted molar refractivity (Wildman–Crippen MR) is 47.0 cm³/mol. The van der Waals surface area contributed by atoms with Crippen molar-refractivity contribution < 1.29 is 4.74 Å². The predicted octanol–water partition coefficient (Wildman–Crippen LogP) is -1.38. The third-order valence-corrected chi connectivity index (χ3v) is 2.91. The van der Waals surface area contributed by atoms with Crippen molar-refractivity contribution in [3.05, 3.63) is 0 Å². The van der Waals surface area contributed by atoms with E-state index in [9.17, 15) is 0 Å². The Morgan fingerprint density at radius 1 is 1.33 bits per heavy atom. The summed E-state index contributed by atoms with van der Waals surface area (Å²) in [6.07, 6.45) is 0. The van der Waals surface area contributed by atoms with Gasteiger partial charge >= 0.3 is 0 Å². The molecular formula is C8H17N3O. The van der Waals surface area contributed by atoms with Gasteiger partial charge in [-0.3, -0.25) is 4.90 Å². The fraction of sp³-hybridized carbons (Fsp3) is 1.00. The van der Waals surface area contributed by atoms with Crippen LogP contribution in [0.4, 0.5) is 0 Å². The Morgan fingerprint density at radius 3 is 2.42 bits per heavy atom. The van der Waals surface area contributed by atoms with E-state index in [1.54, 1.807) is 0 Å². The summed E-state index contributed by atoms with van der Waals surface area (Å²) in [5.41, 5.74) is 5.94. The Balaban J connectivity index is 1.95. The van der Waals surface area contributed by atoms with Crippen LogP contribution in [0, 0.1) is 0 Å². The van der Waals surface area contributed by atoms with E-state index >= 15 is 0 Å². The molecule has 2 rings (SSSR count). The average Bonchev–Trinajstić information content (AvgIpc) is 2.05. The van der Waals surface area contributed by atoms with Crippen LogP contribution < -0.4 is 11.1 Å². The Labute approximate surface area is 73.0 Å². The molecule has 4 nitrogen and oxygen atoms in total. The molecule has 0 saturated carbocycles. The highest BCUT2D eigenvalue weighted by Gasteiger charge is 2.42. The van der Waals surface area contributed by atoms with Crippen molar-refractivity contribution in [3.63, 3.8) is 0 Å². The molecule has 0 aliphatic carbocycles. The van der Waals surface area contributed by atoms with Crippen LogP contribution in [0.5, 0.6) is 0 Å². The quantitative estimate of drug-likeness (QED) is 0.537. The minimum Gasteiger partial charge on any atom is -0.377 e. The first-order valence-corrected chi connectivity index (χ1v) is 4.61. The molecule has 0 radical (unpaired) electrons. The van der Waals surface area contributed by atoms with Gasteiger partial charge in [-0.15, -0.1) is 0 Å². The second-order valence-electron chi connectivity index (χ2n) is 3.66. The van der Waals surface area contributed by atoms with Gasteiger partial charge in [0.2, 0.25) is 0 Å². The smallest absolute Gasteiger partial charge is 0.0803 e. The SMILES string of the molecule is NCC1(N2CCNCC2)COC1. The number of hydrogen-bond acceptors (Lipinski definition) is 4. The summed E-state index contributed by atoms with van der Waals surface area (Å²) >= 11 is 0. The molecule has 0 bridgehead atoms. The van der Waals surface area contributed by atoms with E-state index < -0.39 is 0 Å². The highest BCUT2D eigenvalue weighted by molar-refractivity contribution is 4.98. The number of nitrogens with two attached hydrogens (primary N) is 1. The van der Waals surface area contributed by atoms with Crippen LogP contribution >= 0.6 is 0 Å². The molecule has 0 unspecified atom stereocenters. The van der Waals surface area contributed by atoms with E-state index in [0.29, 0.717) is 0 Å². The van der Waals surface area contributed by atoms with Crippen molar-refractivity contribution in [1.82, 2.24) is 10.2 Å². The van der Waals surface area contributed by atoms with Gasteiger partial charge in [-0.1, -0.05) is 0 Å². The van der Waals surface area contributed by atoms with Crippen LogP contribution in [-0.4, -0.2) is 56.4 Å². The summed E-state index contributed by atoms with van der Waals surface area (Å²) in [6, 6.07) is 0. The molecule has 70 valence electrons. The normalized spacial score (nSPS) is 29.8. The zero-order valence-electron chi connectivity index (χ0n) is 7.38. The van der Waals surface area contributed by atoms with Crippen molar-refractivity contribution in [2.24, 2.45) is 5.73 Å². The van der Waals surface area contributed by atoms with Gasteiger partial charge in [0.25, 0.3) is 0 Å². The van der Waals surface area contributed by atoms with Crippen molar-refractivity contribution in [1.29, 1.82) is 0 Å². The summed E-state index contributed by atoms with van der Waals surface area (Å²) in [7, 11) is 0. The second-order valence-corrected chi connectivity index (χ2v) is 3.66. The van der Waals surface area contributed by atoms with Gasteiger partial charge in [0.05, 0.1) is 18.8 Å². The van der Waals surface area contributed by atoms with Gasteiger partial charge in [-0.25, -0.2) is 0 Å². The molecule has 0 spiro atoms. The van der Waals surface area contributed by atoms with E-state index in [2.05, 4.69) is 10.2 Å². The highest BCUT2D eigenvalue weighted by atomic mass is 16.5. The van der Waals surface area contributed by atoms with Crippen LogP contribution in [0.3, 0.4) is 0 Å². The fourth-order valence-corrected chi connectivity index (χ4v) is 1.91. The summed E-state index contributed by atoms with van der Waals surface area (Å²) in [5, 5.41) is 3.34. The third-order valence-electron chi connectivity index (χ3n) is 2.91. The Bertz CT molecular complexity index is 147. The first kappa shape index (κ1) is 8.44. The molecule has 2 heterocycles. The van der Waals surface area contributed by atoms with E-state index in [0.717, 1.165) is 45.9 Å². The highest BCUT2D eigenvalue weighted by Crippen LogP contribution is 2.23. The molecule has 0 atom stereocenters. The molecule has 2 aliphatic heterocycles. The first-order valence-electron chi connectivity index (χ1n) is 4.61. The van der Waals surface area contributed by atoms with E-state index in [4.69, 9.17) is 10.5 Å². The number of ether oxygens (including phenoxy) is 1. The monoisotopic (exact) mass is 171 g/mol. The lowest BCUT2D eigenvalue weighted by molar-refractivity contribution is -0.137. The Morgan fingerprint density at radius 2 is 2.00 bits per heavy atom. The van der Waals surface area contributed by atoms with Crippen LogP contribution in [-0.2, 0) is 4.74 Å². The Kier molecular flexibility index (Phi) is 2.32. The van der Waals surface area contributed by atoms with Gasteiger partial charge in [0, 0.05) is 32.7 Å². The molecule has 2 fully saturated rings. The lowest BCUT2D eigenvalue weighted by atomic mass is 9.94. The standard InChI is InChI=1S/C8H17N3O/c9-5-8(6-12-7-8)11-3-1-10-2-4-11/h10H,1-7,9H2. The molecule has 4 heteroatoms.